The van der Waals surface area contributed by atoms with E-state index in [2.05, 4.69) is 4.98 Å². The van der Waals surface area contributed by atoms with Gasteiger partial charge in [-0.2, -0.15) is 0 Å². The largest absolute Gasteiger partial charge is 0.466 e. The third-order valence-corrected chi connectivity index (χ3v) is 5.04. The van der Waals surface area contributed by atoms with Crippen LogP contribution in [0.15, 0.2) is 41.5 Å². The van der Waals surface area contributed by atoms with Crippen molar-refractivity contribution in [2.75, 3.05) is 19.7 Å². The molecule has 1 aliphatic rings. The summed E-state index contributed by atoms with van der Waals surface area (Å²) in [4.78, 5) is 42.6. The van der Waals surface area contributed by atoms with E-state index in [-0.39, 0.29) is 29.9 Å². The van der Waals surface area contributed by atoms with Crippen molar-refractivity contribution in [3.05, 3.63) is 52.0 Å². The van der Waals surface area contributed by atoms with Gasteiger partial charge in [0.1, 0.15) is 6.54 Å². The smallest absolute Gasteiger partial charge is 0.309 e. The predicted octanol–water partition coefficient (Wildman–Crippen LogP) is 2.37. The van der Waals surface area contributed by atoms with Gasteiger partial charge < -0.3 is 9.64 Å². The number of carbonyl (C=O) groups excluding carboxylic acids is 2. The number of carbonyl (C=O) groups is 2. The van der Waals surface area contributed by atoms with Gasteiger partial charge in [-0.25, -0.2) is 4.98 Å². The second-order valence-corrected chi connectivity index (χ2v) is 7.09. The number of piperidine rings is 1. The normalized spacial score (nSPS) is 14.7. The van der Waals surface area contributed by atoms with Crippen LogP contribution in [0.5, 0.6) is 0 Å². The standard InChI is InChI=1S/C20H22ClN3O4/c1-2-28-20(27)15-7-9-23(10-8-15)19(26)12-24-13-22-17(11-18(24)25)14-3-5-16(21)6-4-14/h3-6,11,13,15H,2,7-10,12H2,1H3. The van der Waals surface area contributed by atoms with Crippen LogP contribution in [0, 0.1) is 5.92 Å². The molecule has 8 heteroatoms. The number of halogens is 1. The van der Waals surface area contributed by atoms with Gasteiger partial charge in [0.15, 0.2) is 0 Å². The maximum atomic E-state index is 12.5. The fourth-order valence-electron chi connectivity index (χ4n) is 3.19. The van der Waals surface area contributed by atoms with Crippen molar-refractivity contribution >= 4 is 23.5 Å². The summed E-state index contributed by atoms with van der Waals surface area (Å²) in [7, 11) is 0. The maximum absolute atomic E-state index is 12.5. The van der Waals surface area contributed by atoms with Crippen molar-refractivity contribution < 1.29 is 14.3 Å². The molecule has 1 aliphatic heterocycles. The van der Waals surface area contributed by atoms with E-state index in [4.69, 9.17) is 16.3 Å². The minimum atomic E-state index is -0.297. The van der Waals surface area contributed by atoms with E-state index in [1.54, 1.807) is 36.1 Å². The van der Waals surface area contributed by atoms with Gasteiger partial charge in [0.05, 0.1) is 24.5 Å². The summed E-state index contributed by atoms with van der Waals surface area (Å²) in [6.07, 6.45) is 2.54. The van der Waals surface area contributed by atoms with E-state index in [1.165, 1.54) is 17.0 Å². The van der Waals surface area contributed by atoms with Crippen molar-refractivity contribution in [2.45, 2.75) is 26.3 Å². The number of ether oxygens (including phenoxy) is 1. The molecule has 0 radical (unpaired) electrons. The Hall–Kier alpha value is -2.67. The van der Waals surface area contributed by atoms with Crippen molar-refractivity contribution in [3.63, 3.8) is 0 Å². The summed E-state index contributed by atoms with van der Waals surface area (Å²) in [5.41, 5.74) is 1.01. The molecule has 0 unspecified atom stereocenters. The lowest BCUT2D eigenvalue weighted by Crippen LogP contribution is -2.43. The Morgan fingerprint density at radius 3 is 2.50 bits per heavy atom. The molecule has 0 spiro atoms. The minimum Gasteiger partial charge on any atom is -0.466 e. The van der Waals surface area contributed by atoms with Gasteiger partial charge in [-0.15, -0.1) is 0 Å². The van der Waals surface area contributed by atoms with Crippen molar-refractivity contribution in [3.8, 4) is 11.3 Å². The Labute approximate surface area is 167 Å². The van der Waals surface area contributed by atoms with Crippen LogP contribution in [-0.2, 0) is 20.9 Å². The van der Waals surface area contributed by atoms with Crippen LogP contribution in [0.25, 0.3) is 11.3 Å². The number of aromatic nitrogens is 2. The molecule has 1 saturated heterocycles. The van der Waals surface area contributed by atoms with E-state index in [0.29, 0.717) is 43.3 Å². The zero-order valence-electron chi connectivity index (χ0n) is 15.6. The van der Waals surface area contributed by atoms with E-state index in [0.717, 1.165) is 5.56 Å². The molecule has 7 nitrogen and oxygen atoms in total. The zero-order chi connectivity index (χ0) is 20.1. The minimum absolute atomic E-state index is 0.0726. The van der Waals surface area contributed by atoms with Crippen LogP contribution in [0.3, 0.4) is 0 Å². The topological polar surface area (TPSA) is 81.5 Å². The third-order valence-electron chi connectivity index (χ3n) is 4.79. The first kappa shape index (κ1) is 20.1. The Bertz CT molecular complexity index is 902. The summed E-state index contributed by atoms with van der Waals surface area (Å²) >= 11 is 5.87. The first-order valence-corrected chi connectivity index (χ1v) is 9.62. The fraction of sp³-hybridized carbons (Fsp3) is 0.400. The molecule has 0 atom stereocenters. The molecule has 148 valence electrons. The molecule has 0 bridgehead atoms. The van der Waals surface area contributed by atoms with Crippen LogP contribution in [0.2, 0.25) is 5.02 Å². The van der Waals surface area contributed by atoms with E-state index in [9.17, 15) is 14.4 Å². The zero-order valence-corrected chi connectivity index (χ0v) is 16.4. The lowest BCUT2D eigenvalue weighted by molar-refractivity contribution is -0.151. The third kappa shape index (κ3) is 4.78. The van der Waals surface area contributed by atoms with Gasteiger partial charge >= 0.3 is 5.97 Å². The van der Waals surface area contributed by atoms with Crippen LogP contribution in [0.4, 0.5) is 0 Å². The summed E-state index contributed by atoms with van der Waals surface area (Å²) in [5, 5.41) is 0.606. The number of hydrogen-bond acceptors (Lipinski definition) is 5. The number of benzene rings is 1. The van der Waals surface area contributed by atoms with Gasteiger partial charge in [-0.1, -0.05) is 23.7 Å². The number of esters is 1. The molecular weight excluding hydrogens is 382 g/mol. The molecular formula is C20H22ClN3O4. The second-order valence-electron chi connectivity index (χ2n) is 6.65. The first-order valence-electron chi connectivity index (χ1n) is 9.24. The molecule has 1 amide bonds. The molecule has 1 aromatic carbocycles. The van der Waals surface area contributed by atoms with Crippen LogP contribution < -0.4 is 5.56 Å². The number of likely N-dealkylation sites (tertiary alicyclic amines) is 1. The Kier molecular flexibility index (Phi) is 6.46. The Balaban J connectivity index is 1.61. The second kappa shape index (κ2) is 9.01. The van der Waals surface area contributed by atoms with Crippen molar-refractivity contribution in [1.82, 2.24) is 14.5 Å². The lowest BCUT2D eigenvalue weighted by Gasteiger charge is -2.31. The molecule has 1 aromatic heterocycles. The lowest BCUT2D eigenvalue weighted by atomic mass is 9.97. The molecule has 3 rings (SSSR count). The molecule has 0 N–H and O–H groups in total. The highest BCUT2D eigenvalue weighted by Gasteiger charge is 2.28. The average molecular weight is 404 g/mol. The van der Waals surface area contributed by atoms with Crippen LogP contribution in [0.1, 0.15) is 19.8 Å². The molecule has 2 aromatic rings. The SMILES string of the molecule is CCOC(=O)C1CCN(C(=O)Cn2cnc(-c3ccc(Cl)cc3)cc2=O)CC1. The molecule has 1 fully saturated rings. The van der Waals surface area contributed by atoms with Crippen LogP contribution >= 0.6 is 11.6 Å². The summed E-state index contributed by atoms with van der Waals surface area (Å²) in [6, 6.07) is 8.44. The maximum Gasteiger partial charge on any atom is 0.309 e. The Morgan fingerprint density at radius 1 is 1.21 bits per heavy atom. The van der Waals surface area contributed by atoms with Crippen molar-refractivity contribution in [1.29, 1.82) is 0 Å². The summed E-state index contributed by atoms with van der Waals surface area (Å²) < 4.78 is 6.33. The average Bonchev–Trinajstić information content (AvgIpc) is 2.70. The number of amides is 1. The molecule has 28 heavy (non-hydrogen) atoms. The number of hydrogen-bond donors (Lipinski definition) is 0. The quantitative estimate of drug-likeness (QED) is 0.716. The molecule has 2 heterocycles. The monoisotopic (exact) mass is 403 g/mol. The van der Waals surface area contributed by atoms with Gasteiger partial charge in [0, 0.05) is 29.7 Å². The Morgan fingerprint density at radius 2 is 1.89 bits per heavy atom. The van der Waals surface area contributed by atoms with Gasteiger partial charge in [-0.05, 0) is 31.9 Å². The molecule has 0 saturated carbocycles. The number of rotatable bonds is 5. The van der Waals surface area contributed by atoms with E-state index < -0.39 is 0 Å². The number of nitrogens with zero attached hydrogens (tertiary/aromatic N) is 3. The highest BCUT2D eigenvalue weighted by atomic mass is 35.5. The fourth-order valence-corrected chi connectivity index (χ4v) is 3.32. The van der Waals surface area contributed by atoms with Gasteiger partial charge in [-0.3, -0.25) is 19.0 Å². The van der Waals surface area contributed by atoms with E-state index >= 15 is 0 Å². The van der Waals surface area contributed by atoms with E-state index in [1.807, 2.05) is 0 Å². The summed E-state index contributed by atoms with van der Waals surface area (Å²) in [5.74, 6) is -0.523. The highest BCUT2D eigenvalue weighted by molar-refractivity contribution is 6.30. The predicted molar refractivity (Wildman–Crippen MR) is 105 cm³/mol. The van der Waals surface area contributed by atoms with Crippen molar-refractivity contribution in [2.24, 2.45) is 5.92 Å². The summed E-state index contributed by atoms with van der Waals surface area (Å²) in [6.45, 7) is 3.03. The highest BCUT2D eigenvalue weighted by Crippen LogP contribution is 2.20. The van der Waals surface area contributed by atoms with Gasteiger partial charge in [0.25, 0.3) is 5.56 Å². The first-order chi connectivity index (χ1) is 13.5. The van der Waals surface area contributed by atoms with Gasteiger partial charge in [0.2, 0.25) is 5.91 Å². The van der Waals surface area contributed by atoms with Crippen LogP contribution in [-0.4, -0.2) is 46.0 Å². The molecule has 0 aliphatic carbocycles.